The lowest BCUT2D eigenvalue weighted by atomic mass is 10.1. The summed E-state index contributed by atoms with van der Waals surface area (Å²) in [5.41, 5.74) is 4.04. The highest BCUT2D eigenvalue weighted by molar-refractivity contribution is 7.26. The van der Waals surface area contributed by atoms with E-state index in [0.29, 0.717) is 0 Å². The van der Waals surface area contributed by atoms with Gasteiger partial charge in [-0.2, -0.15) is 0 Å². The number of hydrogen-bond donors (Lipinski definition) is 1. The van der Waals surface area contributed by atoms with Gasteiger partial charge in [0.2, 0.25) is 0 Å². The van der Waals surface area contributed by atoms with Gasteiger partial charge < -0.3 is 5.32 Å². The van der Waals surface area contributed by atoms with Gasteiger partial charge in [-0.3, -0.25) is 4.99 Å². The first kappa shape index (κ1) is 19.3. The van der Waals surface area contributed by atoms with Gasteiger partial charge in [-0.05, 0) is 48.7 Å². The Bertz CT molecular complexity index is 1470. The Morgan fingerprint density at radius 1 is 0.839 bits per heavy atom. The number of nitrogens with zero attached hydrogens (tertiary/aromatic N) is 1. The topological polar surface area (TPSA) is 24.4 Å². The molecule has 0 aliphatic rings. The number of thiophene rings is 1. The van der Waals surface area contributed by atoms with E-state index in [1.165, 1.54) is 30.9 Å². The van der Waals surface area contributed by atoms with Gasteiger partial charge in [-0.15, -0.1) is 11.3 Å². The number of fused-ring (bicyclic) bond motifs is 5. The van der Waals surface area contributed by atoms with Crippen LogP contribution in [0.3, 0.4) is 0 Å². The molecule has 5 rings (SSSR count). The van der Waals surface area contributed by atoms with Gasteiger partial charge in [-0.25, -0.2) is 0 Å². The molecule has 0 saturated carbocycles. The molecule has 1 N–H and O–H groups in total. The molecule has 150 valence electrons. The number of rotatable bonds is 5. The molecule has 0 aliphatic carbocycles. The Balaban J connectivity index is 1.47. The molecular weight excluding hydrogens is 396 g/mol. The Morgan fingerprint density at radius 3 is 2.45 bits per heavy atom. The zero-order chi connectivity index (χ0) is 21.2. The normalized spacial score (nSPS) is 12.5. The third kappa shape index (κ3) is 3.76. The summed E-state index contributed by atoms with van der Waals surface area (Å²) < 4.78 is 2.64. The van der Waals surface area contributed by atoms with E-state index in [-0.39, 0.29) is 0 Å². The number of aliphatic imine (C=N–C) groups is 1. The molecule has 0 unspecified atom stereocenters. The summed E-state index contributed by atoms with van der Waals surface area (Å²) in [6.07, 6.45) is 4.04. The van der Waals surface area contributed by atoms with E-state index in [1.54, 1.807) is 0 Å². The summed E-state index contributed by atoms with van der Waals surface area (Å²) in [7, 11) is 0. The monoisotopic (exact) mass is 418 g/mol. The minimum Gasteiger partial charge on any atom is -0.359 e. The van der Waals surface area contributed by atoms with Crippen LogP contribution in [0.1, 0.15) is 12.5 Å². The first-order valence-corrected chi connectivity index (χ1v) is 11.1. The van der Waals surface area contributed by atoms with Gasteiger partial charge in [0.05, 0.1) is 5.70 Å². The molecule has 0 atom stereocenters. The highest BCUT2D eigenvalue weighted by atomic mass is 32.1. The van der Waals surface area contributed by atoms with Crippen LogP contribution in [0.15, 0.2) is 108 Å². The molecule has 0 bridgehead atoms. The van der Waals surface area contributed by atoms with Crippen molar-refractivity contribution < 1.29 is 0 Å². The minimum absolute atomic E-state index is 0.855. The van der Waals surface area contributed by atoms with Crippen LogP contribution in [-0.2, 0) is 0 Å². The zero-order valence-electron chi connectivity index (χ0n) is 17.3. The largest absolute Gasteiger partial charge is 0.359 e. The first-order chi connectivity index (χ1) is 15.2. The van der Waals surface area contributed by atoms with E-state index >= 15 is 0 Å². The SMILES string of the molecule is C=N/C(=C\C=C(/C)Nc1ccc2c(c1)sc1c3ccccc3ccc21)c1ccccc1. The second-order valence-corrected chi connectivity index (χ2v) is 8.58. The maximum atomic E-state index is 4.17. The quantitative estimate of drug-likeness (QED) is 0.225. The summed E-state index contributed by atoms with van der Waals surface area (Å²) in [4.78, 5) is 4.17. The highest BCUT2D eigenvalue weighted by Crippen LogP contribution is 2.39. The summed E-state index contributed by atoms with van der Waals surface area (Å²) >= 11 is 1.86. The molecule has 0 amide bonds. The number of benzene rings is 4. The number of nitrogens with one attached hydrogen (secondary N) is 1. The van der Waals surface area contributed by atoms with E-state index in [4.69, 9.17) is 0 Å². The summed E-state index contributed by atoms with van der Waals surface area (Å²) in [5, 5.41) is 8.75. The number of hydrogen-bond acceptors (Lipinski definition) is 3. The van der Waals surface area contributed by atoms with Gasteiger partial charge in [0.25, 0.3) is 0 Å². The maximum Gasteiger partial charge on any atom is 0.0695 e. The molecule has 1 aromatic heterocycles. The average molecular weight is 419 g/mol. The molecule has 3 heteroatoms. The average Bonchev–Trinajstić information content (AvgIpc) is 3.18. The van der Waals surface area contributed by atoms with Crippen molar-refractivity contribution in [1.82, 2.24) is 0 Å². The molecule has 0 radical (unpaired) electrons. The van der Waals surface area contributed by atoms with Gasteiger partial charge in [0.1, 0.15) is 0 Å². The molecule has 5 aromatic rings. The standard InChI is InChI=1S/C28H22N2S/c1-19(12-17-26(29-2)21-9-4-3-5-10-21)30-22-14-16-24-25-15-13-20-8-6-7-11-23(20)28(25)31-27(24)18-22/h3-18,30H,2H2,1H3/b19-12+,26-17-. The van der Waals surface area contributed by atoms with Crippen molar-refractivity contribution in [3.8, 4) is 0 Å². The van der Waals surface area contributed by atoms with Crippen LogP contribution < -0.4 is 5.32 Å². The predicted octanol–water partition coefficient (Wildman–Crippen LogP) is 8.27. The van der Waals surface area contributed by atoms with E-state index in [9.17, 15) is 0 Å². The zero-order valence-corrected chi connectivity index (χ0v) is 18.1. The van der Waals surface area contributed by atoms with Gasteiger partial charge in [0, 0.05) is 37.1 Å². The van der Waals surface area contributed by atoms with Crippen LogP contribution >= 0.6 is 11.3 Å². The Labute approximate surface area is 185 Å². The van der Waals surface area contributed by atoms with Crippen molar-refractivity contribution in [3.05, 3.63) is 108 Å². The van der Waals surface area contributed by atoms with Gasteiger partial charge in [-0.1, -0.05) is 72.8 Å². The first-order valence-electron chi connectivity index (χ1n) is 10.2. The predicted molar refractivity (Wildman–Crippen MR) is 138 cm³/mol. The van der Waals surface area contributed by atoms with Crippen LogP contribution in [0, 0.1) is 0 Å². The molecule has 2 nitrogen and oxygen atoms in total. The van der Waals surface area contributed by atoms with Crippen molar-refractivity contribution >= 4 is 60.4 Å². The molecule has 0 aliphatic heterocycles. The molecule has 0 fully saturated rings. The Morgan fingerprint density at radius 2 is 1.61 bits per heavy atom. The fourth-order valence-electron chi connectivity index (χ4n) is 3.90. The van der Waals surface area contributed by atoms with E-state index < -0.39 is 0 Å². The van der Waals surface area contributed by atoms with E-state index in [2.05, 4.69) is 78.5 Å². The smallest absolute Gasteiger partial charge is 0.0695 e. The minimum atomic E-state index is 0.855. The van der Waals surface area contributed by atoms with Crippen LogP contribution in [-0.4, -0.2) is 6.72 Å². The third-order valence-electron chi connectivity index (χ3n) is 5.44. The fraction of sp³-hybridized carbons (Fsp3) is 0.0357. The van der Waals surface area contributed by atoms with Gasteiger partial charge >= 0.3 is 0 Å². The summed E-state index contributed by atoms with van der Waals surface area (Å²) in [6.45, 7) is 5.77. The van der Waals surface area contributed by atoms with Crippen LogP contribution in [0.25, 0.3) is 36.6 Å². The van der Waals surface area contributed by atoms with Crippen molar-refractivity contribution in [2.24, 2.45) is 4.99 Å². The van der Waals surface area contributed by atoms with Crippen molar-refractivity contribution in [2.45, 2.75) is 6.92 Å². The van der Waals surface area contributed by atoms with Crippen LogP contribution in [0.2, 0.25) is 0 Å². The van der Waals surface area contributed by atoms with E-state index in [1.807, 2.05) is 53.8 Å². The fourth-order valence-corrected chi connectivity index (χ4v) is 5.18. The third-order valence-corrected chi connectivity index (χ3v) is 6.64. The van der Waals surface area contributed by atoms with Crippen molar-refractivity contribution in [3.63, 3.8) is 0 Å². The molecule has 0 saturated heterocycles. The summed E-state index contributed by atoms with van der Waals surface area (Å²) in [6, 6.07) is 29.7. The Hall–Kier alpha value is -3.69. The van der Waals surface area contributed by atoms with Crippen LogP contribution in [0.5, 0.6) is 0 Å². The lowest BCUT2D eigenvalue weighted by molar-refractivity contribution is 1.38. The van der Waals surface area contributed by atoms with Crippen LogP contribution in [0.4, 0.5) is 5.69 Å². The summed E-state index contributed by atoms with van der Waals surface area (Å²) in [5.74, 6) is 0. The molecule has 4 aromatic carbocycles. The highest BCUT2D eigenvalue weighted by Gasteiger charge is 2.09. The second-order valence-electron chi connectivity index (χ2n) is 7.53. The van der Waals surface area contributed by atoms with Gasteiger partial charge in [0.15, 0.2) is 0 Å². The number of allylic oxidation sites excluding steroid dienone is 3. The van der Waals surface area contributed by atoms with E-state index in [0.717, 1.165) is 22.6 Å². The molecule has 1 heterocycles. The van der Waals surface area contributed by atoms with Crippen molar-refractivity contribution in [2.75, 3.05) is 5.32 Å². The maximum absolute atomic E-state index is 4.17. The lowest BCUT2D eigenvalue weighted by Gasteiger charge is -2.06. The molecular formula is C28H22N2S. The second kappa shape index (κ2) is 8.21. The molecule has 0 spiro atoms. The lowest BCUT2D eigenvalue weighted by Crippen LogP contribution is -1.94. The van der Waals surface area contributed by atoms with Crippen molar-refractivity contribution in [1.29, 1.82) is 0 Å². The molecule has 31 heavy (non-hydrogen) atoms. The number of anilines is 1. The Kier molecular flexibility index (Phi) is 5.11.